The molecule has 0 aliphatic carbocycles. The molecular weight excluding hydrogens is 328 g/mol. The van der Waals surface area contributed by atoms with Crippen molar-refractivity contribution in [1.29, 1.82) is 0 Å². The van der Waals surface area contributed by atoms with Gasteiger partial charge >= 0.3 is 0 Å². The van der Waals surface area contributed by atoms with Gasteiger partial charge in [-0.3, -0.25) is 19.7 Å². The van der Waals surface area contributed by atoms with Crippen molar-refractivity contribution in [3.05, 3.63) is 60.2 Å². The lowest BCUT2D eigenvalue weighted by Crippen LogP contribution is -2.29. The third-order valence-electron chi connectivity index (χ3n) is 5.12. The summed E-state index contributed by atoms with van der Waals surface area (Å²) in [5, 5.41) is 2.93. The topological polar surface area (TPSA) is 67.4 Å². The predicted octanol–water partition coefficient (Wildman–Crippen LogP) is 1.77. The van der Waals surface area contributed by atoms with E-state index < -0.39 is 0 Å². The van der Waals surface area contributed by atoms with E-state index in [-0.39, 0.29) is 18.1 Å². The van der Waals surface area contributed by atoms with Crippen molar-refractivity contribution in [2.24, 2.45) is 5.92 Å². The molecule has 1 N–H and O–H groups in total. The summed E-state index contributed by atoms with van der Waals surface area (Å²) in [6.45, 7) is 3.36. The summed E-state index contributed by atoms with van der Waals surface area (Å²) in [5.41, 5.74) is 2.11. The van der Waals surface area contributed by atoms with Crippen LogP contribution in [0.2, 0.25) is 0 Å². The van der Waals surface area contributed by atoms with Crippen LogP contribution in [-0.4, -0.2) is 46.1 Å². The summed E-state index contributed by atoms with van der Waals surface area (Å²) < 4.78 is 6.14. The number of hydrogen-bond acceptors (Lipinski definition) is 5. The van der Waals surface area contributed by atoms with Crippen molar-refractivity contribution in [2.45, 2.75) is 38.1 Å². The highest BCUT2D eigenvalue weighted by Crippen LogP contribution is 2.34. The van der Waals surface area contributed by atoms with Crippen LogP contribution in [0.15, 0.2) is 48.9 Å². The first-order valence-corrected chi connectivity index (χ1v) is 9.19. The maximum Gasteiger partial charge on any atom is 0.222 e. The first kappa shape index (κ1) is 17.1. The number of nitrogens with one attached hydrogen (secondary N) is 1. The fraction of sp³-hybridized carbons (Fsp3) is 0.450. The van der Waals surface area contributed by atoms with Gasteiger partial charge in [0.1, 0.15) is 0 Å². The molecule has 136 valence electrons. The zero-order valence-electron chi connectivity index (χ0n) is 14.8. The quantitative estimate of drug-likeness (QED) is 0.858. The first-order chi connectivity index (χ1) is 12.8. The molecule has 0 bridgehead atoms. The lowest BCUT2D eigenvalue weighted by atomic mass is 10.0. The van der Waals surface area contributed by atoms with Crippen molar-refractivity contribution in [3.8, 4) is 0 Å². The van der Waals surface area contributed by atoms with E-state index in [0.717, 1.165) is 31.7 Å². The molecule has 3 atom stereocenters. The molecule has 2 aliphatic rings. The van der Waals surface area contributed by atoms with E-state index >= 15 is 0 Å². The SMILES string of the molecule is O=C(C[C@@H]1C[C@@H]2CN(Cc3cccnc3)C[C@@H]2O1)NCc1ccccn1. The highest BCUT2D eigenvalue weighted by Gasteiger charge is 2.42. The number of aromatic nitrogens is 2. The molecule has 6 heteroatoms. The van der Waals surface area contributed by atoms with Gasteiger partial charge in [-0.25, -0.2) is 0 Å². The van der Waals surface area contributed by atoms with E-state index in [1.807, 2.05) is 30.5 Å². The lowest BCUT2D eigenvalue weighted by molar-refractivity contribution is -0.124. The van der Waals surface area contributed by atoms with Crippen molar-refractivity contribution in [2.75, 3.05) is 13.1 Å². The molecule has 2 fully saturated rings. The second-order valence-electron chi connectivity index (χ2n) is 7.15. The minimum absolute atomic E-state index is 0.0350. The van der Waals surface area contributed by atoms with Gasteiger partial charge in [-0.05, 0) is 30.2 Å². The molecule has 2 saturated heterocycles. The smallest absolute Gasteiger partial charge is 0.222 e. The van der Waals surface area contributed by atoms with Crippen LogP contribution in [0.4, 0.5) is 0 Å². The zero-order valence-corrected chi connectivity index (χ0v) is 14.8. The molecule has 4 rings (SSSR count). The van der Waals surface area contributed by atoms with E-state index in [2.05, 4.69) is 26.3 Å². The predicted molar refractivity (Wildman–Crippen MR) is 97.0 cm³/mol. The van der Waals surface area contributed by atoms with Crippen molar-refractivity contribution in [1.82, 2.24) is 20.2 Å². The molecule has 0 aromatic carbocycles. The summed E-state index contributed by atoms with van der Waals surface area (Å²) in [7, 11) is 0. The van der Waals surface area contributed by atoms with E-state index in [4.69, 9.17) is 4.74 Å². The van der Waals surface area contributed by atoms with Gasteiger partial charge in [-0.15, -0.1) is 0 Å². The average Bonchev–Trinajstić information content (AvgIpc) is 3.19. The molecule has 4 heterocycles. The Morgan fingerprint density at radius 1 is 1.23 bits per heavy atom. The maximum absolute atomic E-state index is 12.2. The fourth-order valence-electron chi connectivity index (χ4n) is 3.93. The third-order valence-corrected chi connectivity index (χ3v) is 5.12. The van der Waals surface area contributed by atoms with E-state index in [0.29, 0.717) is 18.9 Å². The summed E-state index contributed by atoms with van der Waals surface area (Å²) in [6, 6.07) is 9.79. The third kappa shape index (κ3) is 4.26. The molecular formula is C20H24N4O2. The van der Waals surface area contributed by atoms with Crippen LogP contribution in [0.25, 0.3) is 0 Å². The molecule has 6 nitrogen and oxygen atoms in total. The molecule has 2 aromatic rings. The van der Waals surface area contributed by atoms with Crippen LogP contribution < -0.4 is 5.32 Å². The summed E-state index contributed by atoms with van der Waals surface area (Å²) >= 11 is 0. The molecule has 2 aromatic heterocycles. The van der Waals surface area contributed by atoms with Gasteiger partial charge in [-0.2, -0.15) is 0 Å². The largest absolute Gasteiger partial charge is 0.373 e. The van der Waals surface area contributed by atoms with Gasteiger partial charge in [0.05, 0.1) is 30.9 Å². The number of carbonyl (C=O) groups is 1. The summed E-state index contributed by atoms with van der Waals surface area (Å²) in [5.74, 6) is 0.563. The van der Waals surface area contributed by atoms with Crippen LogP contribution >= 0.6 is 0 Å². The number of rotatable bonds is 6. The number of pyridine rings is 2. The summed E-state index contributed by atoms with van der Waals surface area (Å²) in [6.07, 6.45) is 7.14. The van der Waals surface area contributed by atoms with Crippen LogP contribution in [0.5, 0.6) is 0 Å². The summed E-state index contributed by atoms with van der Waals surface area (Å²) in [4.78, 5) is 23.0. The van der Waals surface area contributed by atoms with Gasteiger partial charge in [0.25, 0.3) is 0 Å². The Bertz CT molecular complexity index is 711. The molecule has 0 unspecified atom stereocenters. The van der Waals surface area contributed by atoms with Gasteiger partial charge in [-0.1, -0.05) is 12.1 Å². The normalized spacial score (nSPS) is 25.2. The second-order valence-corrected chi connectivity index (χ2v) is 7.15. The Morgan fingerprint density at radius 3 is 2.96 bits per heavy atom. The highest BCUT2D eigenvalue weighted by molar-refractivity contribution is 5.76. The van der Waals surface area contributed by atoms with E-state index in [9.17, 15) is 4.79 Å². The fourth-order valence-corrected chi connectivity index (χ4v) is 3.93. The van der Waals surface area contributed by atoms with Gasteiger partial charge in [0.2, 0.25) is 5.91 Å². The van der Waals surface area contributed by atoms with Gasteiger partial charge < -0.3 is 10.1 Å². The zero-order chi connectivity index (χ0) is 17.8. The second kappa shape index (κ2) is 7.93. The Balaban J connectivity index is 1.20. The van der Waals surface area contributed by atoms with E-state index in [1.165, 1.54) is 5.56 Å². The number of carbonyl (C=O) groups excluding carboxylic acids is 1. The number of ether oxygens (including phenoxy) is 1. The number of hydrogen-bond donors (Lipinski definition) is 1. The molecule has 0 saturated carbocycles. The minimum Gasteiger partial charge on any atom is -0.373 e. The number of fused-ring (bicyclic) bond motifs is 1. The minimum atomic E-state index is 0.0350. The van der Waals surface area contributed by atoms with Crippen molar-refractivity contribution >= 4 is 5.91 Å². The lowest BCUT2D eigenvalue weighted by Gasteiger charge is -2.19. The van der Waals surface area contributed by atoms with Crippen molar-refractivity contribution < 1.29 is 9.53 Å². The number of likely N-dealkylation sites (tertiary alicyclic amines) is 1. The number of amides is 1. The van der Waals surface area contributed by atoms with Crippen molar-refractivity contribution in [3.63, 3.8) is 0 Å². The maximum atomic E-state index is 12.2. The molecule has 0 spiro atoms. The molecule has 26 heavy (non-hydrogen) atoms. The Kier molecular flexibility index (Phi) is 5.22. The average molecular weight is 352 g/mol. The van der Waals surface area contributed by atoms with Crippen LogP contribution in [0, 0.1) is 5.92 Å². The van der Waals surface area contributed by atoms with E-state index in [1.54, 1.807) is 12.4 Å². The van der Waals surface area contributed by atoms with Gasteiger partial charge in [0.15, 0.2) is 0 Å². The monoisotopic (exact) mass is 352 g/mol. The first-order valence-electron chi connectivity index (χ1n) is 9.19. The standard InChI is InChI=1S/C20H24N4O2/c25-20(23-11-17-5-1-2-7-22-17)9-18-8-16-13-24(14-19(16)26-18)12-15-4-3-6-21-10-15/h1-7,10,16,18-19H,8-9,11-14H2,(H,23,25)/t16-,18+,19+/m1/s1. The Labute approximate surface area is 153 Å². The Hall–Kier alpha value is -2.31. The molecule has 0 radical (unpaired) electrons. The van der Waals surface area contributed by atoms with Crippen LogP contribution in [0.1, 0.15) is 24.1 Å². The van der Waals surface area contributed by atoms with Gasteiger partial charge in [0, 0.05) is 44.1 Å². The number of nitrogens with zero attached hydrogens (tertiary/aromatic N) is 3. The van der Waals surface area contributed by atoms with Crippen LogP contribution in [-0.2, 0) is 22.6 Å². The Morgan fingerprint density at radius 2 is 2.19 bits per heavy atom. The van der Waals surface area contributed by atoms with Crippen LogP contribution in [0.3, 0.4) is 0 Å². The highest BCUT2D eigenvalue weighted by atomic mass is 16.5. The molecule has 2 aliphatic heterocycles. The molecule has 1 amide bonds.